The second kappa shape index (κ2) is 6.69. The molecule has 2 fully saturated rings. The van der Waals surface area contributed by atoms with Gasteiger partial charge in [0.2, 0.25) is 0 Å². The molecular formula is C17H23FN2O2S. The van der Waals surface area contributed by atoms with E-state index in [4.69, 9.17) is 0 Å². The van der Waals surface area contributed by atoms with E-state index in [0.29, 0.717) is 13.0 Å². The van der Waals surface area contributed by atoms with Gasteiger partial charge in [0.15, 0.2) is 0 Å². The molecule has 0 aromatic heterocycles. The van der Waals surface area contributed by atoms with Crippen LogP contribution in [0, 0.1) is 5.82 Å². The molecular weight excluding hydrogens is 315 g/mol. The van der Waals surface area contributed by atoms with Gasteiger partial charge in [-0.25, -0.2) is 9.18 Å². The number of hydrogen-bond donors (Lipinski definition) is 2. The lowest BCUT2D eigenvalue weighted by molar-refractivity contribution is 0.169. The summed E-state index contributed by atoms with van der Waals surface area (Å²) in [7, 11) is 0. The number of thioether (sulfide) groups is 1. The highest BCUT2D eigenvalue weighted by Crippen LogP contribution is 2.37. The summed E-state index contributed by atoms with van der Waals surface area (Å²) in [6, 6.07) is 5.82. The SMILES string of the molecule is C[C@]1(CNC(=O)N2C[C@H](O)C[C@H]2c2cccc(F)c2)CCCS1. The van der Waals surface area contributed by atoms with E-state index in [1.807, 2.05) is 11.8 Å². The quantitative estimate of drug-likeness (QED) is 0.891. The Bertz CT molecular complexity index is 577. The van der Waals surface area contributed by atoms with Crippen molar-refractivity contribution in [3.05, 3.63) is 35.6 Å². The lowest BCUT2D eigenvalue weighted by Gasteiger charge is -2.28. The van der Waals surface area contributed by atoms with Gasteiger partial charge in [-0.2, -0.15) is 11.8 Å². The Kier molecular flexibility index (Phi) is 4.82. The molecule has 1 aromatic rings. The third-order valence-corrected chi connectivity index (χ3v) is 6.23. The summed E-state index contributed by atoms with van der Waals surface area (Å²) in [6.07, 6.45) is 2.17. The number of aliphatic hydroxyl groups excluding tert-OH is 1. The minimum atomic E-state index is -0.564. The molecule has 0 aliphatic carbocycles. The number of β-amino-alcohol motifs (C(OH)–C–C–N with tert-alkyl or cyclic N) is 1. The van der Waals surface area contributed by atoms with Crippen molar-refractivity contribution in [2.45, 2.75) is 43.1 Å². The number of nitrogens with zero attached hydrogens (tertiary/aromatic N) is 1. The van der Waals surface area contributed by atoms with E-state index in [2.05, 4.69) is 12.2 Å². The molecule has 0 spiro atoms. The van der Waals surface area contributed by atoms with Gasteiger partial charge < -0.3 is 15.3 Å². The molecule has 3 rings (SSSR count). The van der Waals surface area contributed by atoms with Gasteiger partial charge >= 0.3 is 6.03 Å². The predicted molar refractivity (Wildman–Crippen MR) is 90.0 cm³/mol. The molecule has 6 heteroatoms. The van der Waals surface area contributed by atoms with Crippen LogP contribution in [0.2, 0.25) is 0 Å². The van der Waals surface area contributed by atoms with Crippen LogP contribution in [0.25, 0.3) is 0 Å². The molecule has 126 valence electrons. The van der Waals surface area contributed by atoms with Gasteiger partial charge in [-0.1, -0.05) is 12.1 Å². The average molecular weight is 338 g/mol. The highest BCUT2D eigenvalue weighted by Gasteiger charge is 2.37. The predicted octanol–water partition coefficient (Wildman–Crippen LogP) is 2.93. The highest BCUT2D eigenvalue weighted by atomic mass is 32.2. The zero-order chi connectivity index (χ0) is 16.4. The fraction of sp³-hybridized carbons (Fsp3) is 0.588. The molecule has 2 amide bonds. The van der Waals surface area contributed by atoms with E-state index in [9.17, 15) is 14.3 Å². The van der Waals surface area contributed by atoms with Gasteiger partial charge in [0.1, 0.15) is 5.82 Å². The van der Waals surface area contributed by atoms with Gasteiger partial charge in [-0.15, -0.1) is 0 Å². The van der Waals surface area contributed by atoms with Gasteiger partial charge in [0.25, 0.3) is 0 Å². The molecule has 2 heterocycles. The Labute approximate surface area is 140 Å². The first-order chi connectivity index (χ1) is 11.0. The van der Waals surface area contributed by atoms with Crippen LogP contribution in [-0.2, 0) is 0 Å². The van der Waals surface area contributed by atoms with Crippen LogP contribution in [0.3, 0.4) is 0 Å². The van der Waals surface area contributed by atoms with E-state index < -0.39 is 6.10 Å². The third-order valence-electron chi connectivity index (χ3n) is 4.69. The van der Waals surface area contributed by atoms with Gasteiger partial charge in [-0.05, 0) is 49.6 Å². The summed E-state index contributed by atoms with van der Waals surface area (Å²) in [4.78, 5) is 14.2. The molecule has 1 aromatic carbocycles. The second-order valence-electron chi connectivity index (χ2n) is 6.67. The van der Waals surface area contributed by atoms with Crippen molar-refractivity contribution in [3.8, 4) is 0 Å². The van der Waals surface area contributed by atoms with Crippen LogP contribution in [0.5, 0.6) is 0 Å². The van der Waals surface area contributed by atoms with Crippen molar-refractivity contribution in [2.75, 3.05) is 18.8 Å². The first kappa shape index (κ1) is 16.6. The minimum Gasteiger partial charge on any atom is -0.391 e. The number of carbonyl (C=O) groups is 1. The number of likely N-dealkylation sites (tertiary alicyclic amines) is 1. The fourth-order valence-corrected chi connectivity index (χ4v) is 4.65. The summed E-state index contributed by atoms with van der Waals surface area (Å²) in [5, 5.41) is 13.0. The molecule has 0 bridgehead atoms. The Morgan fingerprint density at radius 3 is 3.09 bits per heavy atom. The van der Waals surface area contributed by atoms with Crippen molar-refractivity contribution < 1.29 is 14.3 Å². The zero-order valence-corrected chi connectivity index (χ0v) is 14.1. The Morgan fingerprint density at radius 2 is 2.39 bits per heavy atom. The van der Waals surface area contributed by atoms with E-state index >= 15 is 0 Å². The second-order valence-corrected chi connectivity index (χ2v) is 8.36. The molecule has 0 radical (unpaired) electrons. The maximum atomic E-state index is 13.5. The van der Waals surface area contributed by atoms with E-state index in [1.165, 1.54) is 18.6 Å². The largest absolute Gasteiger partial charge is 0.391 e. The van der Waals surface area contributed by atoms with Crippen molar-refractivity contribution in [1.29, 1.82) is 0 Å². The summed E-state index contributed by atoms with van der Waals surface area (Å²) in [5.74, 6) is 0.819. The summed E-state index contributed by atoms with van der Waals surface area (Å²) < 4.78 is 13.6. The first-order valence-corrected chi connectivity index (χ1v) is 9.07. The number of aliphatic hydroxyl groups is 1. The van der Waals surface area contributed by atoms with E-state index in [0.717, 1.165) is 17.7 Å². The Morgan fingerprint density at radius 1 is 1.57 bits per heavy atom. The van der Waals surface area contributed by atoms with Crippen molar-refractivity contribution >= 4 is 17.8 Å². The Hall–Kier alpha value is -1.27. The maximum Gasteiger partial charge on any atom is 0.318 e. The molecule has 2 N–H and O–H groups in total. The average Bonchev–Trinajstić information content (AvgIpc) is 3.12. The third kappa shape index (κ3) is 3.80. The number of urea groups is 1. The highest BCUT2D eigenvalue weighted by molar-refractivity contribution is 8.00. The van der Waals surface area contributed by atoms with E-state index in [1.54, 1.807) is 17.0 Å². The van der Waals surface area contributed by atoms with Crippen LogP contribution in [-0.4, -0.2) is 45.7 Å². The van der Waals surface area contributed by atoms with Crippen molar-refractivity contribution in [2.24, 2.45) is 0 Å². The molecule has 23 heavy (non-hydrogen) atoms. The number of benzene rings is 1. The summed E-state index contributed by atoms with van der Waals surface area (Å²) in [6.45, 7) is 3.09. The van der Waals surface area contributed by atoms with Crippen molar-refractivity contribution in [1.82, 2.24) is 10.2 Å². The molecule has 2 saturated heterocycles. The molecule has 3 atom stereocenters. The Balaban J connectivity index is 1.68. The lowest BCUT2D eigenvalue weighted by atomic mass is 10.0. The summed E-state index contributed by atoms with van der Waals surface area (Å²) >= 11 is 1.90. The molecule has 0 unspecified atom stereocenters. The number of nitrogens with one attached hydrogen (secondary N) is 1. The minimum absolute atomic E-state index is 0.0996. The number of halogens is 1. The number of carbonyl (C=O) groups excluding carboxylic acids is 1. The van der Waals surface area contributed by atoms with Gasteiger partial charge in [-0.3, -0.25) is 0 Å². The summed E-state index contributed by atoms with van der Waals surface area (Å²) in [5.41, 5.74) is 0.734. The smallest absolute Gasteiger partial charge is 0.318 e. The number of hydrogen-bond acceptors (Lipinski definition) is 3. The van der Waals surface area contributed by atoms with Gasteiger partial charge in [0, 0.05) is 17.8 Å². The van der Waals surface area contributed by atoms with Crippen LogP contribution >= 0.6 is 11.8 Å². The zero-order valence-electron chi connectivity index (χ0n) is 13.3. The van der Waals surface area contributed by atoms with Gasteiger partial charge in [0.05, 0.1) is 12.1 Å². The molecule has 2 aliphatic heterocycles. The standard InChI is InChI=1S/C17H23FN2O2S/c1-17(6-3-7-23-17)11-19-16(22)20-10-14(21)9-15(20)12-4-2-5-13(18)8-12/h2,4-5,8,14-15,21H,3,6-7,9-11H2,1H3,(H,19,22)/t14-,15+,17-/m1/s1. The lowest BCUT2D eigenvalue weighted by Crippen LogP contribution is -2.45. The van der Waals surface area contributed by atoms with Crippen molar-refractivity contribution in [3.63, 3.8) is 0 Å². The van der Waals surface area contributed by atoms with Crippen LogP contribution in [0.4, 0.5) is 9.18 Å². The number of rotatable bonds is 3. The maximum absolute atomic E-state index is 13.5. The topological polar surface area (TPSA) is 52.6 Å². The van der Waals surface area contributed by atoms with E-state index in [-0.39, 0.29) is 29.2 Å². The monoisotopic (exact) mass is 338 g/mol. The van der Waals surface area contributed by atoms with Crippen LogP contribution < -0.4 is 5.32 Å². The first-order valence-electron chi connectivity index (χ1n) is 8.09. The fourth-order valence-electron chi connectivity index (χ4n) is 3.41. The normalized spacial score (nSPS) is 30.7. The molecule has 2 aliphatic rings. The number of amides is 2. The van der Waals surface area contributed by atoms with Crippen LogP contribution in [0.1, 0.15) is 37.8 Å². The molecule has 0 saturated carbocycles. The molecule has 4 nitrogen and oxygen atoms in total. The van der Waals surface area contributed by atoms with Crippen LogP contribution in [0.15, 0.2) is 24.3 Å².